The number of hydrogen-bond donors (Lipinski definition) is 2. The molecule has 0 radical (unpaired) electrons. The predicted molar refractivity (Wildman–Crippen MR) is 144 cm³/mol. The van der Waals surface area contributed by atoms with E-state index in [1.54, 1.807) is 43.3 Å². The Balaban J connectivity index is 1.72. The van der Waals surface area contributed by atoms with Gasteiger partial charge in [-0.1, -0.05) is 54.1 Å². The standard InChI is InChI=1S/C27H27N5O4S/c1-17-13-15-22(16-14-17)37(35,36)31-29-25(26(33)28-24-18(2)9-8-10-19(24)3)23-20(4)30-32(27(23)34)21-11-6-5-7-12-21/h5-16,23,31H,1-4H3,(H,28,33). The molecular formula is C27H27N5O4S. The molecule has 1 aliphatic rings. The summed E-state index contributed by atoms with van der Waals surface area (Å²) in [5, 5.41) is 12.3. The molecule has 1 unspecified atom stereocenters. The summed E-state index contributed by atoms with van der Waals surface area (Å²) in [6.07, 6.45) is 0. The number of benzene rings is 3. The fourth-order valence-electron chi connectivity index (χ4n) is 3.95. The highest BCUT2D eigenvalue weighted by Gasteiger charge is 2.41. The van der Waals surface area contributed by atoms with Gasteiger partial charge in [-0.05, 0) is 63.1 Å². The lowest BCUT2D eigenvalue weighted by atomic mass is 9.97. The lowest BCUT2D eigenvalue weighted by Gasteiger charge is -2.17. The van der Waals surface area contributed by atoms with Crippen LogP contribution in [0.5, 0.6) is 0 Å². The van der Waals surface area contributed by atoms with Crippen LogP contribution in [-0.4, -0.2) is 31.7 Å². The summed E-state index contributed by atoms with van der Waals surface area (Å²) in [6, 6.07) is 20.5. The molecule has 190 valence electrons. The smallest absolute Gasteiger partial charge is 0.276 e. The fraction of sp³-hybridized carbons (Fsp3) is 0.185. The summed E-state index contributed by atoms with van der Waals surface area (Å²) < 4.78 is 25.9. The number of carbonyl (C=O) groups excluding carboxylic acids is 2. The van der Waals surface area contributed by atoms with Crippen LogP contribution in [0.3, 0.4) is 0 Å². The van der Waals surface area contributed by atoms with E-state index in [0.717, 1.165) is 16.7 Å². The molecule has 0 aliphatic carbocycles. The zero-order valence-electron chi connectivity index (χ0n) is 20.9. The molecule has 3 aromatic carbocycles. The maximum atomic E-state index is 13.5. The van der Waals surface area contributed by atoms with Gasteiger partial charge in [-0.2, -0.15) is 28.5 Å². The average molecular weight is 518 g/mol. The van der Waals surface area contributed by atoms with Crippen molar-refractivity contribution >= 4 is 44.6 Å². The maximum Gasteiger partial charge on any atom is 0.276 e. The number of carbonyl (C=O) groups is 2. The van der Waals surface area contributed by atoms with E-state index in [0.29, 0.717) is 17.1 Å². The van der Waals surface area contributed by atoms with Crippen LogP contribution < -0.4 is 15.2 Å². The molecule has 2 N–H and O–H groups in total. The summed E-state index contributed by atoms with van der Waals surface area (Å²) in [5.41, 5.74) is 3.57. The lowest BCUT2D eigenvalue weighted by Crippen LogP contribution is -2.41. The van der Waals surface area contributed by atoms with Gasteiger partial charge in [0.15, 0.2) is 0 Å². The van der Waals surface area contributed by atoms with Crippen molar-refractivity contribution in [2.24, 2.45) is 16.1 Å². The van der Waals surface area contributed by atoms with Crippen molar-refractivity contribution in [1.82, 2.24) is 4.83 Å². The van der Waals surface area contributed by atoms with Gasteiger partial charge >= 0.3 is 0 Å². The minimum atomic E-state index is -4.11. The lowest BCUT2D eigenvalue weighted by molar-refractivity contribution is -0.119. The molecule has 0 saturated carbocycles. The third kappa shape index (κ3) is 5.44. The first-order valence-electron chi connectivity index (χ1n) is 11.6. The van der Waals surface area contributed by atoms with E-state index in [9.17, 15) is 18.0 Å². The SMILES string of the molecule is CC1=NN(c2ccccc2)C(=O)C1C(=NNS(=O)(=O)c1ccc(C)cc1)C(=O)Nc1c(C)cccc1C. The Kier molecular flexibility index (Phi) is 7.21. The predicted octanol–water partition coefficient (Wildman–Crippen LogP) is 3.92. The summed E-state index contributed by atoms with van der Waals surface area (Å²) in [5.74, 6) is -2.43. The van der Waals surface area contributed by atoms with Gasteiger partial charge in [-0.25, -0.2) is 0 Å². The van der Waals surface area contributed by atoms with Gasteiger partial charge in [0.05, 0.1) is 16.3 Å². The molecule has 10 heteroatoms. The van der Waals surface area contributed by atoms with Crippen molar-refractivity contribution in [1.29, 1.82) is 0 Å². The van der Waals surface area contributed by atoms with Gasteiger partial charge < -0.3 is 5.32 Å². The molecule has 0 spiro atoms. The molecule has 1 heterocycles. The number of hydrazone groups is 2. The number of aryl methyl sites for hydroxylation is 3. The van der Waals surface area contributed by atoms with Crippen LogP contribution in [0, 0.1) is 26.7 Å². The molecule has 0 fully saturated rings. The normalized spacial score (nSPS) is 15.9. The third-order valence-electron chi connectivity index (χ3n) is 5.98. The first-order chi connectivity index (χ1) is 17.6. The molecule has 1 atom stereocenters. The van der Waals surface area contributed by atoms with Crippen LogP contribution in [-0.2, 0) is 19.6 Å². The molecule has 4 rings (SSSR count). The van der Waals surface area contributed by atoms with Gasteiger partial charge in [0.1, 0.15) is 11.6 Å². The average Bonchev–Trinajstić information content (AvgIpc) is 3.16. The van der Waals surface area contributed by atoms with E-state index >= 15 is 0 Å². The largest absolute Gasteiger partial charge is 0.320 e. The number of hydrogen-bond acceptors (Lipinski definition) is 6. The van der Waals surface area contributed by atoms with E-state index in [1.165, 1.54) is 17.1 Å². The summed E-state index contributed by atoms with van der Waals surface area (Å²) in [4.78, 5) is 29.1. The molecule has 0 bridgehead atoms. The first-order valence-corrected chi connectivity index (χ1v) is 13.0. The fourth-order valence-corrected chi connectivity index (χ4v) is 4.77. The number of nitrogens with zero attached hydrogens (tertiary/aromatic N) is 3. The summed E-state index contributed by atoms with van der Waals surface area (Å²) >= 11 is 0. The van der Waals surface area contributed by atoms with Gasteiger partial charge in [-0.15, -0.1) is 0 Å². The first kappa shape index (κ1) is 25.8. The van der Waals surface area contributed by atoms with E-state index in [4.69, 9.17) is 0 Å². The number of anilines is 2. The second-order valence-corrected chi connectivity index (χ2v) is 10.4. The zero-order valence-corrected chi connectivity index (χ0v) is 21.7. The number of rotatable bonds is 7. The van der Waals surface area contributed by atoms with E-state index in [2.05, 4.69) is 20.4 Å². The second-order valence-electron chi connectivity index (χ2n) is 8.79. The van der Waals surface area contributed by atoms with Crippen LogP contribution in [0.1, 0.15) is 23.6 Å². The van der Waals surface area contributed by atoms with Crippen molar-refractivity contribution in [3.05, 3.63) is 89.5 Å². The van der Waals surface area contributed by atoms with Crippen molar-refractivity contribution in [3.63, 3.8) is 0 Å². The van der Waals surface area contributed by atoms with E-state index < -0.39 is 27.8 Å². The zero-order chi connectivity index (χ0) is 26.7. The van der Waals surface area contributed by atoms with Crippen LogP contribution in [0.4, 0.5) is 11.4 Å². The summed E-state index contributed by atoms with van der Waals surface area (Å²) in [7, 11) is -4.11. The molecule has 0 saturated heterocycles. The number of amides is 2. The highest BCUT2D eigenvalue weighted by Crippen LogP contribution is 2.26. The Hall–Kier alpha value is -4.31. The molecule has 0 aromatic heterocycles. The van der Waals surface area contributed by atoms with Crippen LogP contribution in [0.2, 0.25) is 0 Å². The Labute approximate surface area is 215 Å². The quantitative estimate of drug-likeness (QED) is 0.364. The monoisotopic (exact) mass is 517 g/mol. The van der Waals surface area contributed by atoms with Crippen molar-refractivity contribution in [2.45, 2.75) is 32.6 Å². The van der Waals surface area contributed by atoms with Gasteiger partial charge in [-0.3, -0.25) is 9.59 Å². The van der Waals surface area contributed by atoms with Crippen molar-refractivity contribution in [3.8, 4) is 0 Å². The van der Waals surface area contributed by atoms with E-state index in [1.807, 2.05) is 45.0 Å². The van der Waals surface area contributed by atoms with Gasteiger partial charge in [0.25, 0.3) is 21.8 Å². The highest BCUT2D eigenvalue weighted by atomic mass is 32.2. The maximum absolute atomic E-state index is 13.5. The molecule has 37 heavy (non-hydrogen) atoms. The van der Waals surface area contributed by atoms with Crippen LogP contribution in [0.25, 0.3) is 0 Å². The van der Waals surface area contributed by atoms with Gasteiger partial charge in [0, 0.05) is 5.69 Å². The topological polar surface area (TPSA) is 120 Å². The van der Waals surface area contributed by atoms with Crippen molar-refractivity contribution < 1.29 is 18.0 Å². The Morgan fingerprint density at radius 2 is 1.51 bits per heavy atom. The van der Waals surface area contributed by atoms with Gasteiger partial charge in [0.2, 0.25) is 0 Å². The number of para-hydroxylation sites is 2. The van der Waals surface area contributed by atoms with E-state index in [-0.39, 0.29) is 10.6 Å². The summed E-state index contributed by atoms with van der Waals surface area (Å²) in [6.45, 7) is 7.11. The van der Waals surface area contributed by atoms with Crippen LogP contribution in [0.15, 0.2) is 87.9 Å². The van der Waals surface area contributed by atoms with Crippen LogP contribution >= 0.6 is 0 Å². The Morgan fingerprint density at radius 3 is 2.14 bits per heavy atom. The minimum absolute atomic E-state index is 0.0228. The Morgan fingerprint density at radius 1 is 0.892 bits per heavy atom. The van der Waals surface area contributed by atoms with Crippen molar-refractivity contribution in [2.75, 3.05) is 10.3 Å². The number of sulfonamides is 1. The minimum Gasteiger partial charge on any atom is -0.320 e. The molecule has 3 aromatic rings. The third-order valence-corrected chi connectivity index (χ3v) is 7.20. The molecule has 9 nitrogen and oxygen atoms in total. The second kappa shape index (κ2) is 10.4. The molecular weight excluding hydrogens is 490 g/mol. The molecule has 1 aliphatic heterocycles. The highest BCUT2D eigenvalue weighted by molar-refractivity contribution is 7.89. The molecule has 2 amide bonds. The Bertz CT molecular complexity index is 1490. The number of nitrogens with one attached hydrogen (secondary N) is 2.